The number of amides is 1. The van der Waals surface area contributed by atoms with E-state index in [0.29, 0.717) is 6.54 Å². The van der Waals surface area contributed by atoms with Crippen molar-refractivity contribution in [3.63, 3.8) is 0 Å². The van der Waals surface area contributed by atoms with Crippen LogP contribution in [-0.2, 0) is 11.3 Å². The lowest BCUT2D eigenvalue weighted by atomic mass is 10.0. The molecule has 0 radical (unpaired) electrons. The summed E-state index contributed by atoms with van der Waals surface area (Å²) in [6.45, 7) is 1.41. The smallest absolute Gasteiger partial charge is 0.237 e. The van der Waals surface area contributed by atoms with Crippen LogP contribution >= 0.6 is 0 Å². The summed E-state index contributed by atoms with van der Waals surface area (Å²) in [7, 11) is 1.66. The van der Waals surface area contributed by atoms with Crippen LogP contribution in [0, 0.1) is 0 Å². The van der Waals surface area contributed by atoms with E-state index < -0.39 is 0 Å². The molecule has 1 saturated heterocycles. The van der Waals surface area contributed by atoms with Crippen LogP contribution in [0.1, 0.15) is 24.8 Å². The molecule has 0 bridgehead atoms. The number of fused-ring (bicyclic) bond motifs is 1. The second kappa shape index (κ2) is 6.79. The molecule has 1 atom stereocenters. The predicted octanol–water partition coefficient (Wildman–Crippen LogP) is 2.61. The summed E-state index contributed by atoms with van der Waals surface area (Å²) in [5, 5.41) is 8.61. The van der Waals surface area contributed by atoms with Crippen molar-refractivity contribution in [1.82, 2.24) is 10.6 Å². The minimum Gasteiger partial charge on any atom is -0.496 e. The lowest BCUT2D eigenvalue weighted by Gasteiger charge is -2.23. The highest BCUT2D eigenvalue weighted by molar-refractivity contribution is 5.88. The highest BCUT2D eigenvalue weighted by atomic mass is 16.5. The third-order valence-electron chi connectivity index (χ3n) is 4.28. The van der Waals surface area contributed by atoms with E-state index in [1.54, 1.807) is 7.11 Å². The van der Waals surface area contributed by atoms with E-state index in [4.69, 9.17) is 4.74 Å². The zero-order chi connectivity index (χ0) is 15.4. The van der Waals surface area contributed by atoms with Crippen LogP contribution in [0.5, 0.6) is 5.75 Å². The van der Waals surface area contributed by atoms with E-state index in [9.17, 15) is 4.79 Å². The van der Waals surface area contributed by atoms with Crippen molar-refractivity contribution in [3.8, 4) is 5.75 Å². The fourth-order valence-corrected chi connectivity index (χ4v) is 3.06. The molecule has 0 aliphatic carbocycles. The molecule has 116 valence electrons. The quantitative estimate of drug-likeness (QED) is 0.912. The van der Waals surface area contributed by atoms with E-state index >= 15 is 0 Å². The molecule has 2 aromatic rings. The molecule has 1 fully saturated rings. The van der Waals surface area contributed by atoms with Crippen molar-refractivity contribution in [2.75, 3.05) is 13.7 Å². The van der Waals surface area contributed by atoms with Gasteiger partial charge in [0.2, 0.25) is 5.91 Å². The molecular weight excluding hydrogens is 276 g/mol. The molecule has 4 heteroatoms. The van der Waals surface area contributed by atoms with Gasteiger partial charge in [0.25, 0.3) is 0 Å². The Bertz CT molecular complexity index is 663. The first-order chi connectivity index (χ1) is 10.8. The Balaban J connectivity index is 1.79. The molecule has 1 unspecified atom stereocenters. The van der Waals surface area contributed by atoms with Crippen molar-refractivity contribution in [2.24, 2.45) is 0 Å². The van der Waals surface area contributed by atoms with E-state index in [2.05, 4.69) is 22.8 Å². The predicted molar refractivity (Wildman–Crippen MR) is 88.0 cm³/mol. The topological polar surface area (TPSA) is 50.4 Å². The summed E-state index contributed by atoms with van der Waals surface area (Å²) in [6, 6.07) is 12.1. The third kappa shape index (κ3) is 3.07. The van der Waals surface area contributed by atoms with Crippen molar-refractivity contribution in [3.05, 3.63) is 42.0 Å². The van der Waals surface area contributed by atoms with Crippen LogP contribution < -0.4 is 15.4 Å². The maximum absolute atomic E-state index is 12.3. The summed E-state index contributed by atoms with van der Waals surface area (Å²) in [5.74, 6) is 0.894. The molecule has 1 amide bonds. The molecule has 0 saturated carbocycles. The number of methoxy groups -OCH3 is 1. The van der Waals surface area contributed by atoms with Gasteiger partial charge in [0, 0.05) is 12.1 Å². The lowest BCUT2D eigenvalue weighted by Crippen LogP contribution is -2.46. The largest absolute Gasteiger partial charge is 0.496 e. The average molecular weight is 298 g/mol. The van der Waals surface area contributed by atoms with Crippen LogP contribution in [0.15, 0.2) is 36.4 Å². The van der Waals surface area contributed by atoms with E-state index in [0.717, 1.165) is 47.9 Å². The highest BCUT2D eigenvalue weighted by Crippen LogP contribution is 2.27. The molecule has 2 aromatic carbocycles. The zero-order valence-corrected chi connectivity index (χ0v) is 12.9. The molecule has 1 heterocycles. The van der Waals surface area contributed by atoms with Gasteiger partial charge in [-0.25, -0.2) is 0 Å². The van der Waals surface area contributed by atoms with Crippen LogP contribution in [0.3, 0.4) is 0 Å². The standard InChI is InChI=1S/C18H22N2O2/c1-22-17-10-9-13-6-2-3-7-14(13)15(17)12-20-18(21)16-8-4-5-11-19-16/h2-3,6-7,9-10,16,19H,4-5,8,11-12H2,1H3,(H,20,21). The minimum atomic E-state index is -0.0604. The fourth-order valence-electron chi connectivity index (χ4n) is 3.06. The monoisotopic (exact) mass is 298 g/mol. The number of benzene rings is 2. The number of hydrogen-bond acceptors (Lipinski definition) is 3. The van der Waals surface area contributed by atoms with Gasteiger partial charge in [0.05, 0.1) is 13.2 Å². The number of rotatable bonds is 4. The van der Waals surface area contributed by atoms with Gasteiger partial charge in [-0.1, -0.05) is 36.8 Å². The van der Waals surface area contributed by atoms with Gasteiger partial charge in [-0.3, -0.25) is 4.79 Å². The van der Waals surface area contributed by atoms with Gasteiger partial charge in [0.1, 0.15) is 5.75 Å². The average Bonchev–Trinajstić information content (AvgIpc) is 2.60. The number of nitrogens with one attached hydrogen (secondary N) is 2. The Morgan fingerprint density at radius 3 is 2.91 bits per heavy atom. The highest BCUT2D eigenvalue weighted by Gasteiger charge is 2.20. The zero-order valence-electron chi connectivity index (χ0n) is 12.9. The van der Waals surface area contributed by atoms with Crippen molar-refractivity contribution in [1.29, 1.82) is 0 Å². The number of carbonyl (C=O) groups excluding carboxylic acids is 1. The molecule has 1 aliphatic rings. The van der Waals surface area contributed by atoms with Crippen LogP contribution in [0.2, 0.25) is 0 Å². The van der Waals surface area contributed by atoms with E-state index in [1.165, 1.54) is 0 Å². The molecule has 22 heavy (non-hydrogen) atoms. The van der Waals surface area contributed by atoms with Gasteiger partial charge in [0.15, 0.2) is 0 Å². The van der Waals surface area contributed by atoms with E-state index in [-0.39, 0.29) is 11.9 Å². The van der Waals surface area contributed by atoms with Crippen molar-refractivity contribution in [2.45, 2.75) is 31.8 Å². The lowest BCUT2D eigenvalue weighted by molar-refractivity contribution is -0.123. The Morgan fingerprint density at radius 1 is 1.27 bits per heavy atom. The van der Waals surface area contributed by atoms with Gasteiger partial charge in [-0.15, -0.1) is 0 Å². The first-order valence-electron chi connectivity index (χ1n) is 7.85. The molecule has 4 nitrogen and oxygen atoms in total. The Kier molecular flexibility index (Phi) is 4.59. The molecule has 2 N–H and O–H groups in total. The summed E-state index contributed by atoms with van der Waals surface area (Å²) in [6.07, 6.45) is 3.18. The van der Waals surface area contributed by atoms with Crippen LogP contribution in [0.25, 0.3) is 10.8 Å². The minimum absolute atomic E-state index is 0.0604. The summed E-state index contributed by atoms with van der Waals surface area (Å²) in [5.41, 5.74) is 1.03. The first-order valence-corrected chi connectivity index (χ1v) is 7.85. The Labute approximate surface area is 130 Å². The SMILES string of the molecule is COc1ccc2ccccc2c1CNC(=O)C1CCCCN1. The summed E-state index contributed by atoms with van der Waals surface area (Å²) >= 11 is 0. The van der Waals surface area contributed by atoms with Crippen molar-refractivity contribution >= 4 is 16.7 Å². The second-order valence-electron chi connectivity index (χ2n) is 5.69. The number of ether oxygens (including phenoxy) is 1. The number of carbonyl (C=O) groups is 1. The van der Waals surface area contributed by atoms with Gasteiger partial charge >= 0.3 is 0 Å². The van der Waals surface area contributed by atoms with E-state index in [1.807, 2.05) is 24.3 Å². The van der Waals surface area contributed by atoms with Gasteiger partial charge < -0.3 is 15.4 Å². The Hall–Kier alpha value is -2.07. The molecule has 1 aliphatic heterocycles. The third-order valence-corrected chi connectivity index (χ3v) is 4.28. The van der Waals surface area contributed by atoms with Gasteiger partial charge in [-0.05, 0) is 36.2 Å². The normalized spacial score (nSPS) is 18.1. The molecular formula is C18H22N2O2. The summed E-state index contributed by atoms with van der Waals surface area (Å²) < 4.78 is 5.46. The van der Waals surface area contributed by atoms with Crippen LogP contribution in [-0.4, -0.2) is 25.6 Å². The number of piperidine rings is 1. The summed E-state index contributed by atoms with van der Waals surface area (Å²) in [4.78, 5) is 12.3. The maximum Gasteiger partial charge on any atom is 0.237 e. The van der Waals surface area contributed by atoms with Crippen LogP contribution in [0.4, 0.5) is 0 Å². The second-order valence-corrected chi connectivity index (χ2v) is 5.69. The Morgan fingerprint density at radius 2 is 2.14 bits per heavy atom. The maximum atomic E-state index is 12.3. The van der Waals surface area contributed by atoms with Gasteiger partial charge in [-0.2, -0.15) is 0 Å². The van der Waals surface area contributed by atoms with Crippen molar-refractivity contribution < 1.29 is 9.53 Å². The molecule has 0 aromatic heterocycles. The number of hydrogen-bond donors (Lipinski definition) is 2. The first kappa shape index (κ1) is 14.9. The fraction of sp³-hybridized carbons (Fsp3) is 0.389. The molecule has 3 rings (SSSR count). The molecule has 0 spiro atoms.